The van der Waals surface area contributed by atoms with Gasteiger partial charge in [-0.25, -0.2) is 0 Å². The summed E-state index contributed by atoms with van der Waals surface area (Å²) in [7, 11) is 0. The summed E-state index contributed by atoms with van der Waals surface area (Å²) in [6.45, 7) is 3.35. The maximum absolute atomic E-state index is 10.3. The molecule has 120 valence electrons. The number of rotatable bonds is 2. The lowest BCUT2D eigenvalue weighted by molar-refractivity contribution is -0.385. The van der Waals surface area contributed by atoms with E-state index in [4.69, 9.17) is 10.8 Å². The summed E-state index contributed by atoms with van der Waals surface area (Å²) >= 11 is 0. The van der Waals surface area contributed by atoms with Crippen LogP contribution in [0.1, 0.15) is 11.1 Å². The molecule has 0 saturated carbocycles. The van der Waals surface area contributed by atoms with Crippen molar-refractivity contribution in [2.75, 3.05) is 0 Å². The van der Waals surface area contributed by atoms with Crippen LogP contribution in [0, 0.1) is 44.9 Å². The van der Waals surface area contributed by atoms with Crippen LogP contribution in [0.25, 0.3) is 9.95 Å². The molecule has 10 heteroatoms. The van der Waals surface area contributed by atoms with E-state index in [0.29, 0.717) is 16.8 Å². The molecule has 10 nitrogen and oxygen atoms in total. The van der Waals surface area contributed by atoms with Gasteiger partial charge in [-0.2, -0.15) is 0 Å². The van der Waals surface area contributed by atoms with Crippen molar-refractivity contribution in [3.05, 3.63) is 77.7 Å². The summed E-state index contributed by atoms with van der Waals surface area (Å²) in [6, 6.07) is 8.16. The highest BCUT2D eigenvalue weighted by molar-refractivity contribution is 5.57. The summed E-state index contributed by atoms with van der Waals surface area (Å²) < 4.78 is 0. The molecule has 2 aromatic carbocycles. The fourth-order valence-electron chi connectivity index (χ4n) is 1.68. The zero-order valence-electron chi connectivity index (χ0n) is 12.8. The molecule has 0 radical (unpaired) electrons. The molecule has 0 fully saturated rings. The van der Waals surface area contributed by atoms with Crippen molar-refractivity contribution in [2.24, 2.45) is 0 Å². The molecular weight excluding hydrogens is 316 g/mol. The zero-order chi connectivity index (χ0) is 18.3. The number of non-ortho nitro benzene ring substituents is 2. The van der Waals surface area contributed by atoms with Gasteiger partial charge in [-0.15, -0.1) is 0 Å². The van der Waals surface area contributed by atoms with Gasteiger partial charge in [-0.1, -0.05) is 0 Å². The Kier molecular flexibility index (Phi) is 5.98. The minimum atomic E-state index is -0.534. The van der Waals surface area contributed by atoms with Crippen molar-refractivity contribution in [3.63, 3.8) is 0 Å². The molecule has 0 atom stereocenters. The number of diazo groups is 2. The monoisotopic (exact) mass is 328 g/mol. The topological polar surface area (TPSA) is 143 Å². The number of benzene rings is 2. The first-order valence-electron chi connectivity index (χ1n) is 6.50. The lowest BCUT2D eigenvalue weighted by atomic mass is 10.2. The van der Waals surface area contributed by atoms with Crippen LogP contribution in [-0.4, -0.2) is 9.85 Å². The molecule has 0 aliphatic heterocycles. The second-order valence-corrected chi connectivity index (χ2v) is 4.66. The van der Waals surface area contributed by atoms with Crippen LogP contribution < -0.4 is 0 Å². The van der Waals surface area contributed by atoms with E-state index in [2.05, 4.69) is 9.95 Å². The van der Waals surface area contributed by atoms with Crippen LogP contribution >= 0.6 is 0 Å². The van der Waals surface area contributed by atoms with Gasteiger partial charge in [0.05, 0.1) is 15.4 Å². The van der Waals surface area contributed by atoms with Gasteiger partial charge in [0, 0.05) is 29.8 Å². The number of nitrogens with zero attached hydrogens (tertiary/aromatic N) is 6. The molecule has 0 bridgehead atoms. The largest absolute Gasteiger partial charge is 0.394 e. The Bertz CT molecular complexity index is 882. The zero-order valence-corrected chi connectivity index (χ0v) is 12.8. The second-order valence-electron chi connectivity index (χ2n) is 4.66. The maximum Gasteiger partial charge on any atom is 0.394 e. The van der Waals surface area contributed by atoms with E-state index in [1.807, 2.05) is 0 Å². The Morgan fingerprint density at radius 1 is 0.792 bits per heavy atom. The average molecular weight is 328 g/mol. The van der Waals surface area contributed by atoms with Crippen molar-refractivity contribution >= 4 is 22.7 Å². The van der Waals surface area contributed by atoms with Crippen molar-refractivity contribution in [1.82, 2.24) is 0 Å². The number of nitro benzene ring substituents is 2. The molecule has 0 aliphatic carbocycles. The second kappa shape index (κ2) is 7.91. The van der Waals surface area contributed by atoms with Crippen LogP contribution in [0.5, 0.6) is 0 Å². The smallest absolute Gasteiger partial charge is 0.258 e. The van der Waals surface area contributed by atoms with Crippen LogP contribution in [0.2, 0.25) is 0 Å². The van der Waals surface area contributed by atoms with E-state index in [9.17, 15) is 20.2 Å². The van der Waals surface area contributed by atoms with Gasteiger partial charge in [0.25, 0.3) is 11.4 Å². The first-order valence-corrected chi connectivity index (χ1v) is 6.50. The van der Waals surface area contributed by atoms with Gasteiger partial charge in [0.2, 0.25) is 10.8 Å². The van der Waals surface area contributed by atoms with Gasteiger partial charge >= 0.3 is 11.4 Å². The number of nitro groups is 2. The first kappa shape index (κ1) is 18.1. The van der Waals surface area contributed by atoms with Crippen LogP contribution in [0.3, 0.4) is 0 Å². The van der Waals surface area contributed by atoms with E-state index in [1.165, 1.54) is 36.4 Å². The Hall–Kier alpha value is -3.92. The third-order valence-corrected chi connectivity index (χ3v) is 3.01. The highest BCUT2D eigenvalue weighted by Gasteiger charge is 2.16. The molecular formula is C14H12N6O4+2. The van der Waals surface area contributed by atoms with Crippen LogP contribution in [-0.2, 0) is 0 Å². The summed E-state index contributed by atoms with van der Waals surface area (Å²) in [5.74, 6) is 0. The summed E-state index contributed by atoms with van der Waals surface area (Å²) in [5, 5.41) is 37.4. The van der Waals surface area contributed by atoms with Gasteiger partial charge in [0.1, 0.15) is 6.07 Å². The van der Waals surface area contributed by atoms with E-state index in [1.54, 1.807) is 13.8 Å². The first-order chi connectivity index (χ1) is 11.3. The molecule has 2 aromatic rings. The van der Waals surface area contributed by atoms with Crippen molar-refractivity contribution < 1.29 is 9.85 Å². The average Bonchev–Trinajstić information content (AvgIpc) is 2.55. The molecule has 2 rings (SSSR count). The van der Waals surface area contributed by atoms with E-state index in [-0.39, 0.29) is 17.1 Å². The Morgan fingerprint density at radius 3 is 1.75 bits per heavy atom. The molecule has 24 heavy (non-hydrogen) atoms. The van der Waals surface area contributed by atoms with Crippen molar-refractivity contribution in [3.8, 4) is 0 Å². The van der Waals surface area contributed by atoms with Gasteiger partial charge < -0.3 is 0 Å². The Balaban J connectivity index is 0.000000240. The van der Waals surface area contributed by atoms with Crippen LogP contribution in [0.15, 0.2) is 36.4 Å². The van der Waals surface area contributed by atoms with E-state index >= 15 is 0 Å². The lowest BCUT2D eigenvalue weighted by Crippen LogP contribution is -1.87. The summed E-state index contributed by atoms with van der Waals surface area (Å²) in [4.78, 5) is 25.4. The number of hydrogen-bond acceptors (Lipinski definition) is 6. The fraction of sp³-hybridized carbons (Fsp3) is 0.143. The third-order valence-electron chi connectivity index (χ3n) is 3.01. The quantitative estimate of drug-likeness (QED) is 0.441. The fourth-order valence-corrected chi connectivity index (χ4v) is 1.68. The predicted molar refractivity (Wildman–Crippen MR) is 85.2 cm³/mol. The molecule has 0 saturated heterocycles. The Morgan fingerprint density at radius 2 is 1.29 bits per heavy atom. The molecule has 0 N–H and O–H groups in total. The van der Waals surface area contributed by atoms with Gasteiger partial charge in [-0.3, -0.25) is 20.2 Å². The highest BCUT2D eigenvalue weighted by atomic mass is 16.6. The normalized spacial score (nSPS) is 9.00. The molecule has 0 spiro atoms. The molecule has 0 amide bonds. The lowest BCUT2D eigenvalue weighted by Gasteiger charge is -1.89. The third kappa shape index (κ3) is 4.54. The molecule has 0 aromatic heterocycles. The Labute approximate surface area is 135 Å². The van der Waals surface area contributed by atoms with Crippen molar-refractivity contribution in [2.45, 2.75) is 13.8 Å². The van der Waals surface area contributed by atoms with Gasteiger partial charge in [-0.05, 0) is 19.9 Å². The minimum absolute atomic E-state index is 0.0000926. The summed E-state index contributed by atoms with van der Waals surface area (Å²) in [6.07, 6.45) is 0. The molecule has 0 unspecified atom stereocenters. The minimum Gasteiger partial charge on any atom is -0.258 e. The standard InChI is InChI=1S/2C7H6N3O2/c1-5-4-6(10(11)12)2-3-7(5)9-8;1-5-2-3-6(10(11)12)4-7(5)9-8/h2*2-4H,1H3/q2*+1. The SMILES string of the molecule is Cc1cc([N+](=O)[O-])ccc1[N+]#N.Cc1ccc([N+](=O)[O-])cc1[N+]#N. The molecule has 0 heterocycles. The highest BCUT2D eigenvalue weighted by Crippen LogP contribution is 2.24. The van der Waals surface area contributed by atoms with Crippen molar-refractivity contribution in [1.29, 1.82) is 10.8 Å². The number of hydrogen-bond donors (Lipinski definition) is 0. The van der Waals surface area contributed by atoms with E-state index in [0.717, 1.165) is 0 Å². The molecule has 0 aliphatic rings. The van der Waals surface area contributed by atoms with Gasteiger partial charge in [0.15, 0.2) is 9.95 Å². The predicted octanol–water partition coefficient (Wildman–Crippen LogP) is 4.78. The maximum atomic E-state index is 10.3. The number of aryl methyl sites for hydroxylation is 2. The van der Waals surface area contributed by atoms with E-state index < -0.39 is 9.85 Å². The van der Waals surface area contributed by atoms with Crippen LogP contribution in [0.4, 0.5) is 22.7 Å². The summed E-state index contributed by atoms with van der Waals surface area (Å²) in [5.41, 5.74) is 1.77.